The lowest BCUT2D eigenvalue weighted by molar-refractivity contribution is 0.262. The summed E-state index contributed by atoms with van der Waals surface area (Å²) >= 11 is 0. The molecular formula is C10H12O2. The van der Waals surface area contributed by atoms with E-state index in [2.05, 4.69) is 12.1 Å². The van der Waals surface area contributed by atoms with Crippen molar-refractivity contribution in [1.29, 1.82) is 0 Å². The lowest BCUT2D eigenvalue weighted by Crippen LogP contribution is -1.92. The molecule has 1 saturated heterocycles. The van der Waals surface area contributed by atoms with Crippen molar-refractivity contribution in [2.45, 2.75) is 18.6 Å². The molecule has 1 fully saturated rings. The minimum atomic E-state index is 0.216. The summed E-state index contributed by atoms with van der Waals surface area (Å²) in [5, 5.41) is 8.66. The van der Waals surface area contributed by atoms with Gasteiger partial charge in [0.25, 0.3) is 0 Å². The van der Waals surface area contributed by atoms with Gasteiger partial charge in [0.05, 0.1) is 6.10 Å². The van der Waals surface area contributed by atoms with Gasteiger partial charge in [0.2, 0.25) is 0 Å². The second-order valence-electron chi connectivity index (χ2n) is 3.02. The van der Waals surface area contributed by atoms with Crippen LogP contribution in [-0.4, -0.2) is 17.8 Å². The number of aliphatic hydroxyl groups is 1. The Morgan fingerprint density at radius 2 is 2.00 bits per heavy atom. The zero-order chi connectivity index (χ0) is 8.39. The van der Waals surface area contributed by atoms with E-state index in [-0.39, 0.29) is 18.8 Å². The Hall–Kier alpha value is -0.860. The van der Waals surface area contributed by atoms with Crippen LogP contribution in [0.15, 0.2) is 30.3 Å². The van der Waals surface area contributed by atoms with Crippen LogP contribution in [0.1, 0.15) is 18.1 Å². The first-order valence-electron chi connectivity index (χ1n) is 4.23. The molecule has 12 heavy (non-hydrogen) atoms. The van der Waals surface area contributed by atoms with Crippen molar-refractivity contribution in [3.05, 3.63) is 35.9 Å². The molecule has 0 bridgehead atoms. The zero-order valence-electron chi connectivity index (χ0n) is 6.81. The molecular weight excluding hydrogens is 152 g/mol. The van der Waals surface area contributed by atoms with E-state index in [0.29, 0.717) is 0 Å². The molecule has 2 rings (SSSR count). The van der Waals surface area contributed by atoms with Crippen LogP contribution >= 0.6 is 0 Å². The van der Waals surface area contributed by atoms with Gasteiger partial charge < -0.3 is 9.84 Å². The van der Waals surface area contributed by atoms with Crippen molar-refractivity contribution in [2.24, 2.45) is 0 Å². The number of hydrogen-bond donors (Lipinski definition) is 1. The molecule has 0 spiro atoms. The second-order valence-corrected chi connectivity index (χ2v) is 3.02. The van der Waals surface area contributed by atoms with Crippen molar-refractivity contribution in [2.75, 3.05) is 6.61 Å². The third-order valence-electron chi connectivity index (χ3n) is 2.12. The molecule has 1 heterocycles. The summed E-state index contributed by atoms with van der Waals surface area (Å²) in [6.45, 7) is 0.216. The molecule has 1 aliphatic heterocycles. The Morgan fingerprint density at radius 1 is 1.25 bits per heavy atom. The van der Waals surface area contributed by atoms with Crippen molar-refractivity contribution in [3.8, 4) is 0 Å². The lowest BCUT2D eigenvalue weighted by Gasteiger charge is -1.92. The summed E-state index contributed by atoms with van der Waals surface area (Å²) in [5.41, 5.74) is 1.22. The highest BCUT2D eigenvalue weighted by atomic mass is 16.6. The van der Waals surface area contributed by atoms with Crippen LogP contribution in [0.4, 0.5) is 0 Å². The summed E-state index contributed by atoms with van der Waals surface area (Å²) in [4.78, 5) is 0. The van der Waals surface area contributed by atoms with Gasteiger partial charge >= 0.3 is 0 Å². The van der Waals surface area contributed by atoms with E-state index in [0.717, 1.165) is 6.42 Å². The fourth-order valence-corrected chi connectivity index (χ4v) is 1.43. The Labute approximate surface area is 71.8 Å². The predicted octanol–water partition coefficient (Wildman–Crippen LogP) is 1.51. The summed E-state index contributed by atoms with van der Waals surface area (Å²) in [7, 11) is 0. The highest BCUT2D eigenvalue weighted by molar-refractivity contribution is 5.22. The summed E-state index contributed by atoms with van der Waals surface area (Å²) in [6, 6.07) is 10.1. The largest absolute Gasteiger partial charge is 0.396 e. The minimum absolute atomic E-state index is 0.216. The minimum Gasteiger partial charge on any atom is -0.396 e. The number of epoxide rings is 1. The van der Waals surface area contributed by atoms with Crippen LogP contribution in [0.2, 0.25) is 0 Å². The molecule has 2 heteroatoms. The van der Waals surface area contributed by atoms with E-state index in [1.807, 2.05) is 18.2 Å². The maximum absolute atomic E-state index is 8.66. The highest BCUT2D eigenvalue weighted by Crippen LogP contribution is 2.40. The Balaban J connectivity index is 1.97. The smallest absolute Gasteiger partial charge is 0.109 e. The Kier molecular flexibility index (Phi) is 2.11. The molecule has 0 aromatic heterocycles. The van der Waals surface area contributed by atoms with Crippen LogP contribution in [0, 0.1) is 0 Å². The number of ether oxygens (including phenoxy) is 1. The molecule has 1 N–H and O–H groups in total. The van der Waals surface area contributed by atoms with Crippen LogP contribution < -0.4 is 0 Å². The van der Waals surface area contributed by atoms with E-state index in [4.69, 9.17) is 9.84 Å². The molecule has 1 aromatic carbocycles. The van der Waals surface area contributed by atoms with Crippen molar-refractivity contribution in [1.82, 2.24) is 0 Å². The van der Waals surface area contributed by atoms with Gasteiger partial charge in [-0.2, -0.15) is 0 Å². The fraction of sp³-hybridized carbons (Fsp3) is 0.400. The first-order valence-corrected chi connectivity index (χ1v) is 4.23. The van der Waals surface area contributed by atoms with E-state index >= 15 is 0 Å². The van der Waals surface area contributed by atoms with Crippen LogP contribution in [0.5, 0.6) is 0 Å². The summed E-state index contributed by atoms with van der Waals surface area (Å²) in [5.74, 6) is 0. The maximum atomic E-state index is 8.66. The van der Waals surface area contributed by atoms with E-state index in [1.54, 1.807) is 0 Å². The van der Waals surface area contributed by atoms with Crippen molar-refractivity contribution >= 4 is 0 Å². The van der Waals surface area contributed by atoms with Gasteiger partial charge in [0.15, 0.2) is 0 Å². The molecule has 2 nitrogen and oxygen atoms in total. The molecule has 0 unspecified atom stereocenters. The van der Waals surface area contributed by atoms with Gasteiger partial charge in [-0.3, -0.25) is 0 Å². The quantitative estimate of drug-likeness (QED) is 0.687. The number of aliphatic hydroxyl groups excluding tert-OH is 1. The lowest BCUT2D eigenvalue weighted by atomic mass is 10.1. The van der Waals surface area contributed by atoms with Gasteiger partial charge in [-0.05, 0) is 12.0 Å². The molecule has 64 valence electrons. The SMILES string of the molecule is OCC[C@H]1O[C@@H]1c1ccccc1. The fourth-order valence-electron chi connectivity index (χ4n) is 1.43. The zero-order valence-corrected chi connectivity index (χ0v) is 6.81. The molecule has 0 aliphatic carbocycles. The number of hydrogen-bond acceptors (Lipinski definition) is 2. The molecule has 0 saturated carbocycles. The van der Waals surface area contributed by atoms with Gasteiger partial charge in [-0.15, -0.1) is 0 Å². The highest BCUT2D eigenvalue weighted by Gasteiger charge is 2.38. The standard InChI is InChI=1S/C10H12O2/c11-7-6-9-10(12-9)8-4-2-1-3-5-8/h1-5,9-11H,6-7H2/t9-,10-/m1/s1. The monoisotopic (exact) mass is 164 g/mol. The first kappa shape index (κ1) is 7.77. The molecule has 0 amide bonds. The number of rotatable bonds is 3. The molecule has 0 radical (unpaired) electrons. The second kappa shape index (κ2) is 3.25. The molecule has 2 atom stereocenters. The maximum Gasteiger partial charge on any atom is 0.109 e. The Morgan fingerprint density at radius 3 is 2.67 bits per heavy atom. The topological polar surface area (TPSA) is 32.8 Å². The van der Waals surface area contributed by atoms with Gasteiger partial charge in [0.1, 0.15) is 6.10 Å². The average Bonchev–Trinajstić information content (AvgIpc) is 2.87. The normalized spacial score (nSPS) is 27.1. The Bertz CT molecular complexity index is 245. The van der Waals surface area contributed by atoms with E-state index < -0.39 is 0 Å². The molecule has 1 aromatic rings. The summed E-state index contributed by atoms with van der Waals surface area (Å²) in [6.07, 6.45) is 1.23. The average molecular weight is 164 g/mol. The third kappa shape index (κ3) is 1.49. The van der Waals surface area contributed by atoms with Crippen LogP contribution in [-0.2, 0) is 4.74 Å². The van der Waals surface area contributed by atoms with Crippen molar-refractivity contribution in [3.63, 3.8) is 0 Å². The van der Waals surface area contributed by atoms with Gasteiger partial charge in [-0.25, -0.2) is 0 Å². The van der Waals surface area contributed by atoms with Gasteiger partial charge in [0, 0.05) is 6.61 Å². The summed E-state index contributed by atoms with van der Waals surface area (Å²) < 4.78 is 5.38. The van der Waals surface area contributed by atoms with Crippen LogP contribution in [0.3, 0.4) is 0 Å². The van der Waals surface area contributed by atoms with E-state index in [1.165, 1.54) is 5.56 Å². The van der Waals surface area contributed by atoms with Crippen LogP contribution in [0.25, 0.3) is 0 Å². The first-order chi connectivity index (χ1) is 5.92. The predicted molar refractivity (Wildman–Crippen MR) is 45.8 cm³/mol. The van der Waals surface area contributed by atoms with Gasteiger partial charge in [-0.1, -0.05) is 30.3 Å². The molecule has 1 aliphatic rings. The van der Waals surface area contributed by atoms with E-state index in [9.17, 15) is 0 Å². The van der Waals surface area contributed by atoms with Crippen molar-refractivity contribution < 1.29 is 9.84 Å². The third-order valence-corrected chi connectivity index (χ3v) is 2.12. The number of benzene rings is 1.